The molecule has 0 bridgehead atoms. The van der Waals surface area contributed by atoms with Crippen LogP contribution < -0.4 is 10.6 Å². The van der Waals surface area contributed by atoms with Crippen LogP contribution in [0.2, 0.25) is 4.34 Å². The highest BCUT2D eigenvalue weighted by molar-refractivity contribution is 7.16. The first kappa shape index (κ1) is 15.0. The summed E-state index contributed by atoms with van der Waals surface area (Å²) in [6.07, 6.45) is 0. The summed E-state index contributed by atoms with van der Waals surface area (Å²) in [6, 6.07) is 5.75. The van der Waals surface area contributed by atoms with Crippen molar-refractivity contribution in [1.29, 1.82) is 0 Å². The van der Waals surface area contributed by atoms with Gasteiger partial charge in [-0.15, -0.1) is 11.3 Å². The second-order valence-corrected chi connectivity index (χ2v) is 6.33. The van der Waals surface area contributed by atoms with E-state index in [4.69, 9.17) is 11.6 Å². The van der Waals surface area contributed by atoms with E-state index in [0.29, 0.717) is 5.82 Å². The summed E-state index contributed by atoms with van der Waals surface area (Å²) in [7, 11) is 1.80. The summed E-state index contributed by atoms with van der Waals surface area (Å²) < 4.78 is 2.40. The van der Waals surface area contributed by atoms with Crippen molar-refractivity contribution in [3.63, 3.8) is 0 Å². The molecule has 0 fully saturated rings. The molecule has 20 heavy (non-hydrogen) atoms. The fourth-order valence-corrected chi connectivity index (χ4v) is 2.91. The molecule has 0 saturated heterocycles. The van der Waals surface area contributed by atoms with Gasteiger partial charge in [-0.1, -0.05) is 11.6 Å². The van der Waals surface area contributed by atoms with Crippen LogP contribution in [-0.4, -0.2) is 22.2 Å². The third-order valence-corrected chi connectivity index (χ3v) is 4.27. The fourth-order valence-electron chi connectivity index (χ4n) is 1.82. The molecular weight excluding hydrogens is 296 g/mol. The lowest BCUT2D eigenvalue weighted by Gasteiger charge is -2.12. The lowest BCUT2D eigenvalue weighted by atomic mass is 10.3. The molecule has 2 rings (SSSR count). The molecule has 2 aromatic heterocycles. The van der Waals surface area contributed by atoms with Crippen LogP contribution in [0.1, 0.15) is 23.5 Å². The molecule has 0 aromatic carbocycles. The molecule has 0 aliphatic rings. The summed E-state index contributed by atoms with van der Waals surface area (Å²) in [5.41, 5.74) is 0.873. The monoisotopic (exact) mass is 312 g/mol. The van der Waals surface area contributed by atoms with Crippen molar-refractivity contribution in [2.45, 2.75) is 19.9 Å². The van der Waals surface area contributed by atoms with Gasteiger partial charge in [0.1, 0.15) is 5.82 Å². The normalized spacial score (nSPS) is 12.4. The van der Waals surface area contributed by atoms with Crippen molar-refractivity contribution < 1.29 is 4.79 Å². The van der Waals surface area contributed by atoms with Gasteiger partial charge in [-0.3, -0.25) is 9.48 Å². The minimum Gasteiger partial charge on any atom is -0.310 e. The number of halogens is 1. The molecule has 2 N–H and O–H groups in total. The van der Waals surface area contributed by atoms with E-state index in [1.54, 1.807) is 11.7 Å². The Morgan fingerprint density at radius 3 is 2.85 bits per heavy atom. The highest BCUT2D eigenvalue weighted by Gasteiger charge is 2.11. The topological polar surface area (TPSA) is 59.0 Å². The second-order valence-electron chi connectivity index (χ2n) is 4.59. The van der Waals surface area contributed by atoms with Crippen LogP contribution in [0, 0.1) is 6.92 Å². The van der Waals surface area contributed by atoms with Gasteiger partial charge in [0, 0.05) is 24.0 Å². The Morgan fingerprint density at radius 1 is 1.55 bits per heavy atom. The number of hydrogen-bond acceptors (Lipinski definition) is 4. The van der Waals surface area contributed by atoms with Gasteiger partial charge < -0.3 is 10.6 Å². The zero-order valence-electron chi connectivity index (χ0n) is 11.6. The molecule has 0 saturated carbocycles. The second kappa shape index (κ2) is 6.39. The standard InChI is InChI=1S/C13H17ClN4OS/c1-8-6-12(18(3)17-8)16-13(19)7-15-9(2)10-4-5-11(14)20-10/h4-6,9,15H,7H2,1-3H3,(H,16,19)/t9-/m1/s1. The summed E-state index contributed by atoms with van der Waals surface area (Å²) in [5, 5.41) is 10.2. The predicted molar refractivity (Wildman–Crippen MR) is 82.3 cm³/mol. The van der Waals surface area contributed by atoms with Crippen molar-refractivity contribution in [3.05, 3.63) is 33.1 Å². The molecule has 0 spiro atoms. The van der Waals surface area contributed by atoms with E-state index < -0.39 is 0 Å². The molecule has 0 aliphatic heterocycles. The van der Waals surface area contributed by atoms with Crippen LogP contribution in [0.5, 0.6) is 0 Å². The van der Waals surface area contributed by atoms with E-state index in [0.717, 1.165) is 14.9 Å². The number of carbonyl (C=O) groups excluding carboxylic acids is 1. The van der Waals surface area contributed by atoms with Crippen molar-refractivity contribution in [3.8, 4) is 0 Å². The average molecular weight is 313 g/mol. The number of thiophene rings is 1. The van der Waals surface area contributed by atoms with Crippen LogP contribution >= 0.6 is 22.9 Å². The lowest BCUT2D eigenvalue weighted by molar-refractivity contribution is -0.115. The molecule has 0 aliphatic carbocycles. The number of aryl methyl sites for hydroxylation is 2. The van der Waals surface area contributed by atoms with E-state index >= 15 is 0 Å². The zero-order chi connectivity index (χ0) is 14.7. The SMILES string of the molecule is Cc1cc(NC(=O)CN[C@H](C)c2ccc(Cl)s2)n(C)n1. The van der Waals surface area contributed by atoms with Crippen molar-refractivity contribution in [1.82, 2.24) is 15.1 Å². The van der Waals surface area contributed by atoms with Gasteiger partial charge in [0.05, 0.1) is 16.6 Å². The molecule has 1 atom stereocenters. The lowest BCUT2D eigenvalue weighted by Crippen LogP contribution is -2.30. The maximum Gasteiger partial charge on any atom is 0.239 e. The molecule has 0 unspecified atom stereocenters. The molecule has 108 valence electrons. The number of amides is 1. The minimum absolute atomic E-state index is 0.0894. The van der Waals surface area contributed by atoms with Gasteiger partial charge in [-0.2, -0.15) is 5.10 Å². The third kappa shape index (κ3) is 3.82. The van der Waals surface area contributed by atoms with Crippen LogP contribution in [0.25, 0.3) is 0 Å². The van der Waals surface area contributed by atoms with Gasteiger partial charge >= 0.3 is 0 Å². The van der Waals surface area contributed by atoms with E-state index in [2.05, 4.69) is 15.7 Å². The quantitative estimate of drug-likeness (QED) is 0.892. The molecule has 1 amide bonds. The molecular formula is C13H17ClN4OS. The van der Waals surface area contributed by atoms with Crippen LogP contribution in [-0.2, 0) is 11.8 Å². The number of rotatable bonds is 5. The molecule has 7 heteroatoms. The summed E-state index contributed by atoms with van der Waals surface area (Å²) in [5.74, 6) is 0.601. The molecule has 2 heterocycles. The molecule has 2 aromatic rings. The Labute approximate surface area is 126 Å². The summed E-state index contributed by atoms with van der Waals surface area (Å²) >= 11 is 7.41. The number of hydrogen-bond donors (Lipinski definition) is 2. The Hall–Kier alpha value is -1.37. The van der Waals surface area contributed by atoms with E-state index in [1.165, 1.54) is 11.3 Å². The fraction of sp³-hybridized carbons (Fsp3) is 0.385. The first-order chi connectivity index (χ1) is 9.45. The van der Waals surface area contributed by atoms with Gasteiger partial charge in [-0.05, 0) is 26.0 Å². The van der Waals surface area contributed by atoms with Crippen molar-refractivity contribution in [2.24, 2.45) is 7.05 Å². The minimum atomic E-state index is -0.0949. The maximum atomic E-state index is 11.9. The summed E-state index contributed by atoms with van der Waals surface area (Å²) in [4.78, 5) is 13.0. The van der Waals surface area contributed by atoms with E-state index in [9.17, 15) is 4.79 Å². The Kier molecular flexibility index (Phi) is 4.80. The van der Waals surface area contributed by atoms with Gasteiger partial charge in [0.15, 0.2) is 0 Å². The van der Waals surface area contributed by atoms with E-state index in [-0.39, 0.29) is 18.5 Å². The zero-order valence-corrected chi connectivity index (χ0v) is 13.2. The predicted octanol–water partition coefficient (Wildman–Crippen LogP) is 2.73. The average Bonchev–Trinajstić information content (AvgIpc) is 2.93. The highest BCUT2D eigenvalue weighted by Crippen LogP contribution is 2.26. The Morgan fingerprint density at radius 2 is 2.30 bits per heavy atom. The van der Waals surface area contributed by atoms with Gasteiger partial charge in [0.2, 0.25) is 5.91 Å². The molecule has 0 radical (unpaired) electrons. The first-order valence-electron chi connectivity index (χ1n) is 6.25. The number of nitrogens with one attached hydrogen (secondary N) is 2. The number of nitrogens with zero attached hydrogens (tertiary/aromatic N) is 2. The Bertz CT molecular complexity index is 607. The van der Waals surface area contributed by atoms with Crippen LogP contribution in [0.4, 0.5) is 5.82 Å². The van der Waals surface area contributed by atoms with Crippen molar-refractivity contribution in [2.75, 3.05) is 11.9 Å². The maximum absolute atomic E-state index is 11.9. The molecule has 5 nitrogen and oxygen atoms in total. The number of aromatic nitrogens is 2. The number of anilines is 1. The smallest absolute Gasteiger partial charge is 0.239 e. The Balaban J connectivity index is 1.85. The third-order valence-electron chi connectivity index (χ3n) is 2.86. The van der Waals surface area contributed by atoms with Crippen LogP contribution in [0.15, 0.2) is 18.2 Å². The van der Waals surface area contributed by atoms with Crippen LogP contribution in [0.3, 0.4) is 0 Å². The first-order valence-corrected chi connectivity index (χ1v) is 7.44. The highest BCUT2D eigenvalue weighted by atomic mass is 35.5. The van der Waals surface area contributed by atoms with Gasteiger partial charge in [0.25, 0.3) is 0 Å². The number of carbonyl (C=O) groups is 1. The van der Waals surface area contributed by atoms with Crippen molar-refractivity contribution >= 4 is 34.7 Å². The van der Waals surface area contributed by atoms with E-state index in [1.807, 2.05) is 32.0 Å². The summed E-state index contributed by atoms with van der Waals surface area (Å²) in [6.45, 7) is 4.13. The van der Waals surface area contributed by atoms with Gasteiger partial charge in [-0.25, -0.2) is 0 Å². The largest absolute Gasteiger partial charge is 0.310 e.